The molecule has 2 saturated carbocycles. The summed E-state index contributed by atoms with van der Waals surface area (Å²) in [5.41, 5.74) is 1.23. The minimum absolute atomic E-state index is 0.0563. The second-order valence-electron chi connectivity index (χ2n) is 9.53. The van der Waals surface area contributed by atoms with E-state index in [0.29, 0.717) is 22.2 Å². The maximum absolute atomic E-state index is 13.6. The fourth-order valence-electron chi connectivity index (χ4n) is 5.27. The Hall–Kier alpha value is -2.37. The number of rotatable bonds is 4. The molecule has 4 rings (SSSR count). The molecule has 2 atom stereocenters. The molecule has 2 aliphatic rings. The van der Waals surface area contributed by atoms with Crippen LogP contribution in [-0.2, 0) is 9.63 Å². The Bertz CT molecular complexity index is 1140. The summed E-state index contributed by atoms with van der Waals surface area (Å²) in [6.07, 6.45) is 1.95. The molecule has 0 radical (unpaired) electrons. The number of amides is 1. The zero-order valence-electron chi connectivity index (χ0n) is 18.6. The van der Waals surface area contributed by atoms with Crippen LogP contribution in [0.3, 0.4) is 0 Å². The standard InChI is InChI=1S/C25H26Cl2N2O3/c1-15-9-10-16(26)13-19(15)28-22(31)25-12-11-24(4,23(25,2)3)20(14-25)29-32-21(30)17-7-5-6-8-18(17)27/h5-10,13H,11-12,14H2,1-4H3,(H,28,31). The van der Waals surface area contributed by atoms with Crippen LogP contribution in [0.4, 0.5) is 5.69 Å². The highest BCUT2D eigenvalue weighted by Crippen LogP contribution is 2.71. The molecule has 1 N–H and O–H groups in total. The van der Waals surface area contributed by atoms with Crippen LogP contribution in [0, 0.1) is 23.2 Å². The lowest BCUT2D eigenvalue weighted by Gasteiger charge is -2.39. The summed E-state index contributed by atoms with van der Waals surface area (Å²) in [7, 11) is 0. The SMILES string of the molecule is Cc1ccc(Cl)cc1NC(=O)C12CCC(C)(C(=NOC(=O)c3ccccc3Cl)C1)C2(C)C. The smallest absolute Gasteiger partial charge is 0.325 e. The van der Waals surface area contributed by atoms with E-state index in [1.807, 2.05) is 13.0 Å². The van der Waals surface area contributed by atoms with Crippen molar-refractivity contribution in [2.45, 2.75) is 47.0 Å². The second kappa shape index (κ2) is 7.89. The Morgan fingerprint density at radius 1 is 1.06 bits per heavy atom. The first-order valence-corrected chi connectivity index (χ1v) is 11.4. The first-order chi connectivity index (χ1) is 15.0. The van der Waals surface area contributed by atoms with E-state index in [0.717, 1.165) is 24.1 Å². The predicted octanol–water partition coefficient (Wildman–Crippen LogP) is 6.67. The summed E-state index contributed by atoms with van der Waals surface area (Å²) in [6, 6.07) is 12.1. The van der Waals surface area contributed by atoms with Crippen LogP contribution >= 0.6 is 23.2 Å². The molecule has 32 heavy (non-hydrogen) atoms. The quantitative estimate of drug-likeness (QED) is 0.398. The van der Waals surface area contributed by atoms with Gasteiger partial charge in [0.2, 0.25) is 5.91 Å². The Labute approximate surface area is 198 Å². The van der Waals surface area contributed by atoms with Gasteiger partial charge in [-0.3, -0.25) is 4.79 Å². The van der Waals surface area contributed by atoms with E-state index in [9.17, 15) is 9.59 Å². The van der Waals surface area contributed by atoms with Gasteiger partial charge in [-0.15, -0.1) is 0 Å². The van der Waals surface area contributed by atoms with E-state index in [2.05, 4.69) is 31.2 Å². The van der Waals surface area contributed by atoms with Crippen molar-refractivity contribution in [2.24, 2.45) is 21.4 Å². The fraction of sp³-hybridized carbons (Fsp3) is 0.400. The first-order valence-electron chi connectivity index (χ1n) is 10.6. The van der Waals surface area contributed by atoms with Gasteiger partial charge in [0.05, 0.1) is 21.7 Å². The largest absolute Gasteiger partial charge is 0.367 e. The van der Waals surface area contributed by atoms with Gasteiger partial charge in [0.25, 0.3) is 0 Å². The average Bonchev–Trinajstić information content (AvgIpc) is 3.05. The number of carbonyl (C=O) groups is 2. The number of nitrogens with one attached hydrogen (secondary N) is 1. The molecule has 2 aliphatic carbocycles. The van der Waals surface area contributed by atoms with Crippen LogP contribution < -0.4 is 5.32 Å². The van der Waals surface area contributed by atoms with Crippen LogP contribution in [0.1, 0.15) is 56.0 Å². The molecule has 0 spiro atoms. The van der Waals surface area contributed by atoms with Crippen molar-refractivity contribution in [1.29, 1.82) is 0 Å². The van der Waals surface area contributed by atoms with E-state index in [4.69, 9.17) is 28.0 Å². The molecule has 1 amide bonds. The number of benzene rings is 2. The Morgan fingerprint density at radius 2 is 1.78 bits per heavy atom. The number of anilines is 1. The average molecular weight is 473 g/mol. The van der Waals surface area contributed by atoms with Crippen LogP contribution in [0.15, 0.2) is 47.6 Å². The predicted molar refractivity (Wildman–Crippen MR) is 127 cm³/mol. The van der Waals surface area contributed by atoms with Crippen LogP contribution in [0.5, 0.6) is 0 Å². The van der Waals surface area contributed by atoms with E-state index >= 15 is 0 Å². The molecule has 0 aliphatic heterocycles. The number of hydrogen-bond acceptors (Lipinski definition) is 4. The molecule has 2 bridgehead atoms. The van der Waals surface area contributed by atoms with Crippen molar-refractivity contribution in [3.63, 3.8) is 0 Å². The molecular formula is C25H26Cl2N2O3. The molecule has 2 aromatic rings. The molecule has 0 saturated heterocycles. The third-order valence-electron chi connectivity index (χ3n) is 7.95. The molecule has 5 nitrogen and oxygen atoms in total. The topological polar surface area (TPSA) is 67.8 Å². The second-order valence-corrected chi connectivity index (χ2v) is 10.4. The third-order valence-corrected chi connectivity index (χ3v) is 8.51. The van der Waals surface area contributed by atoms with E-state index < -0.39 is 11.4 Å². The molecular weight excluding hydrogens is 447 g/mol. The van der Waals surface area contributed by atoms with Gasteiger partial charge in [0.15, 0.2) is 0 Å². The minimum Gasteiger partial charge on any atom is -0.325 e. The molecule has 7 heteroatoms. The van der Waals surface area contributed by atoms with Gasteiger partial charge in [-0.05, 0) is 55.0 Å². The first kappa shape index (κ1) is 22.8. The highest BCUT2D eigenvalue weighted by molar-refractivity contribution is 6.33. The fourth-order valence-corrected chi connectivity index (χ4v) is 5.65. The maximum Gasteiger partial charge on any atom is 0.367 e. The number of aryl methyl sites for hydroxylation is 1. The highest BCUT2D eigenvalue weighted by Gasteiger charge is 2.71. The van der Waals surface area contributed by atoms with Gasteiger partial charge in [-0.2, -0.15) is 0 Å². The number of fused-ring (bicyclic) bond motifs is 2. The third kappa shape index (κ3) is 3.34. The number of hydrogen-bond donors (Lipinski definition) is 1. The van der Waals surface area contributed by atoms with Crippen molar-refractivity contribution >= 4 is 46.5 Å². The molecule has 2 aromatic carbocycles. The number of nitrogens with zero attached hydrogens (tertiary/aromatic N) is 1. The van der Waals surface area contributed by atoms with Gasteiger partial charge in [0.1, 0.15) is 0 Å². The number of oxime groups is 1. The molecule has 2 unspecified atom stereocenters. The monoisotopic (exact) mass is 472 g/mol. The van der Waals surface area contributed by atoms with Crippen LogP contribution in [0.25, 0.3) is 0 Å². The summed E-state index contributed by atoms with van der Waals surface area (Å²) in [4.78, 5) is 31.4. The van der Waals surface area contributed by atoms with Crippen molar-refractivity contribution in [3.8, 4) is 0 Å². The van der Waals surface area contributed by atoms with Crippen LogP contribution in [-0.4, -0.2) is 17.6 Å². The van der Waals surface area contributed by atoms with Gasteiger partial charge < -0.3 is 10.2 Å². The number of carbonyl (C=O) groups excluding carboxylic acids is 2. The lowest BCUT2D eigenvalue weighted by atomic mass is 9.64. The van der Waals surface area contributed by atoms with Crippen molar-refractivity contribution in [3.05, 3.63) is 63.6 Å². The Morgan fingerprint density at radius 3 is 2.50 bits per heavy atom. The van der Waals surface area contributed by atoms with E-state index in [1.165, 1.54) is 0 Å². The molecule has 0 aromatic heterocycles. The Balaban J connectivity index is 1.62. The van der Waals surface area contributed by atoms with Crippen molar-refractivity contribution in [2.75, 3.05) is 5.32 Å². The lowest BCUT2D eigenvalue weighted by molar-refractivity contribution is -0.130. The number of halogens is 2. The van der Waals surface area contributed by atoms with Gasteiger partial charge >= 0.3 is 5.97 Å². The molecule has 2 fully saturated rings. The molecule has 168 valence electrons. The van der Waals surface area contributed by atoms with Crippen molar-refractivity contribution in [1.82, 2.24) is 0 Å². The molecule has 0 heterocycles. The van der Waals surface area contributed by atoms with Gasteiger partial charge in [0, 0.05) is 22.5 Å². The summed E-state index contributed by atoms with van der Waals surface area (Å²) in [5, 5.41) is 8.24. The van der Waals surface area contributed by atoms with Gasteiger partial charge in [-0.25, -0.2) is 4.79 Å². The minimum atomic E-state index is -0.661. The summed E-state index contributed by atoms with van der Waals surface area (Å²) in [6.45, 7) is 8.23. The summed E-state index contributed by atoms with van der Waals surface area (Å²) in [5.74, 6) is -0.667. The zero-order chi connectivity index (χ0) is 23.3. The van der Waals surface area contributed by atoms with E-state index in [1.54, 1.807) is 36.4 Å². The Kier molecular flexibility index (Phi) is 5.62. The summed E-state index contributed by atoms with van der Waals surface area (Å²) >= 11 is 12.2. The maximum atomic E-state index is 13.6. The van der Waals surface area contributed by atoms with Crippen molar-refractivity contribution < 1.29 is 14.4 Å². The highest BCUT2D eigenvalue weighted by atomic mass is 35.5. The summed E-state index contributed by atoms with van der Waals surface area (Å²) < 4.78 is 0. The zero-order valence-corrected chi connectivity index (χ0v) is 20.1. The lowest BCUT2D eigenvalue weighted by Crippen LogP contribution is -2.43. The van der Waals surface area contributed by atoms with E-state index in [-0.39, 0.29) is 22.3 Å². The normalized spacial score (nSPS) is 26.9. The van der Waals surface area contributed by atoms with Gasteiger partial charge in [-0.1, -0.05) is 67.3 Å². The van der Waals surface area contributed by atoms with Crippen LogP contribution in [0.2, 0.25) is 10.0 Å².